The number of carbonyl (C=O) groups is 1. The van der Waals surface area contributed by atoms with Crippen LogP contribution in [0.25, 0.3) is 5.65 Å². The summed E-state index contributed by atoms with van der Waals surface area (Å²) in [4.78, 5) is 29.1. The second-order valence-electron chi connectivity index (χ2n) is 7.34. The van der Waals surface area contributed by atoms with Gasteiger partial charge in [-0.1, -0.05) is 12.1 Å². The number of aromatic nitrogens is 2. The molecule has 2 aromatic heterocycles. The van der Waals surface area contributed by atoms with E-state index in [1.165, 1.54) is 10.5 Å². The van der Waals surface area contributed by atoms with Crippen molar-refractivity contribution < 1.29 is 14.3 Å². The Morgan fingerprint density at radius 1 is 1.00 bits per heavy atom. The van der Waals surface area contributed by atoms with E-state index in [1.807, 2.05) is 38.1 Å². The minimum absolute atomic E-state index is 0.154. The first kappa shape index (κ1) is 21.9. The molecule has 4 aromatic rings. The van der Waals surface area contributed by atoms with Gasteiger partial charge in [-0.15, -0.1) is 0 Å². The van der Waals surface area contributed by atoms with Crippen LogP contribution in [0, 0.1) is 6.92 Å². The Kier molecular flexibility index (Phi) is 6.54. The van der Waals surface area contributed by atoms with Crippen LogP contribution in [-0.2, 0) is 6.61 Å². The third-order valence-corrected chi connectivity index (χ3v) is 4.81. The number of rotatable bonds is 7. The Bertz CT molecular complexity index is 1330. The molecule has 8 heteroatoms. The lowest BCUT2D eigenvalue weighted by Gasteiger charge is -2.12. The van der Waals surface area contributed by atoms with Crippen LogP contribution in [0.1, 0.15) is 18.2 Å². The first-order chi connectivity index (χ1) is 16.0. The zero-order chi connectivity index (χ0) is 23.2. The van der Waals surface area contributed by atoms with Crippen LogP contribution in [0.5, 0.6) is 11.5 Å². The number of benzene rings is 2. The molecule has 2 amide bonds. The molecule has 2 heterocycles. The van der Waals surface area contributed by atoms with Crippen molar-refractivity contribution in [3.63, 3.8) is 0 Å². The van der Waals surface area contributed by atoms with Gasteiger partial charge < -0.3 is 20.1 Å². The van der Waals surface area contributed by atoms with Gasteiger partial charge in [0, 0.05) is 18.0 Å². The second-order valence-corrected chi connectivity index (χ2v) is 7.34. The monoisotopic (exact) mass is 444 g/mol. The van der Waals surface area contributed by atoms with Crippen LogP contribution in [0.4, 0.5) is 16.2 Å². The van der Waals surface area contributed by atoms with Gasteiger partial charge in [-0.3, -0.25) is 9.20 Å². The third kappa shape index (κ3) is 5.48. The zero-order valence-corrected chi connectivity index (χ0v) is 18.4. The minimum atomic E-state index is -0.382. The summed E-state index contributed by atoms with van der Waals surface area (Å²) in [6, 6.07) is 19.0. The maximum absolute atomic E-state index is 12.3. The van der Waals surface area contributed by atoms with Crippen molar-refractivity contribution in [2.75, 3.05) is 17.2 Å². The van der Waals surface area contributed by atoms with Gasteiger partial charge in [-0.25, -0.2) is 9.78 Å². The predicted octanol–water partition coefficient (Wildman–Crippen LogP) is 4.62. The molecule has 0 bridgehead atoms. The fourth-order valence-electron chi connectivity index (χ4n) is 3.26. The first-order valence-electron chi connectivity index (χ1n) is 10.5. The molecule has 0 aliphatic rings. The molecule has 0 unspecified atom stereocenters. The maximum atomic E-state index is 12.3. The van der Waals surface area contributed by atoms with Crippen LogP contribution in [0.2, 0.25) is 0 Å². The average molecular weight is 444 g/mol. The lowest BCUT2D eigenvalue weighted by molar-refractivity contribution is 0.262. The highest BCUT2D eigenvalue weighted by molar-refractivity contribution is 6.00. The Balaban J connectivity index is 1.36. The van der Waals surface area contributed by atoms with Crippen LogP contribution in [0.3, 0.4) is 0 Å². The van der Waals surface area contributed by atoms with Crippen molar-refractivity contribution in [3.05, 3.63) is 94.5 Å². The van der Waals surface area contributed by atoms with E-state index in [4.69, 9.17) is 9.47 Å². The molecule has 0 radical (unpaired) electrons. The zero-order valence-electron chi connectivity index (χ0n) is 18.4. The highest BCUT2D eigenvalue weighted by Gasteiger charge is 2.08. The fourth-order valence-corrected chi connectivity index (χ4v) is 3.26. The highest BCUT2D eigenvalue weighted by atomic mass is 16.5. The number of hydrogen-bond acceptors (Lipinski definition) is 5. The molecule has 0 aliphatic carbocycles. The molecular weight excluding hydrogens is 420 g/mol. The van der Waals surface area contributed by atoms with Gasteiger partial charge in [-0.2, -0.15) is 0 Å². The van der Waals surface area contributed by atoms with Crippen molar-refractivity contribution in [2.24, 2.45) is 0 Å². The number of urea groups is 1. The van der Waals surface area contributed by atoms with Crippen molar-refractivity contribution >= 4 is 23.1 Å². The summed E-state index contributed by atoms with van der Waals surface area (Å²) < 4.78 is 12.8. The van der Waals surface area contributed by atoms with Crippen LogP contribution >= 0.6 is 0 Å². The smallest absolute Gasteiger partial charge is 0.323 e. The molecule has 0 fully saturated rings. The first-order valence-corrected chi connectivity index (χ1v) is 10.5. The number of para-hydroxylation sites is 2. The van der Waals surface area contributed by atoms with Crippen molar-refractivity contribution in [3.8, 4) is 11.5 Å². The number of nitrogens with one attached hydrogen (secondary N) is 2. The van der Waals surface area contributed by atoms with Gasteiger partial charge in [0.2, 0.25) is 0 Å². The summed E-state index contributed by atoms with van der Waals surface area (Å²) in [6.45, 7) is 4.49. The minimum Gasteiger partial charge on any atom is -0.492 e. The Hall–Kier alpha value is -4.33. The summed E-state index contributed by atoms with van der Waals surface area (Å²) in [6.07, 6.45) is 1.71. The van der Waals surface area contributed by atoms with E-state index in [0.29, 0.717) is 40.8 Å². The average Bonchev–Trinajstić information content (AvgIpc) is 2.80. The maximum Gasteiger partial charge on any atom is 0.323 e. The third-order valence-electron chi connectivity index (χ3n) is 4.81. The Morgan fingerprint density at radius 3 is 2.58 bits per heavy atom. The lowest BCUT2D eigenvalue weighted by Crippen LogP contribution is -2.19. The van der Waals surface area contributed by atoms with Crippen LogP contribution < -0.4 is 25.7 Å². The topological polar surface area (TPSA) is 94.0 Å². The van der Waals surface area contributed by atoms with Crippen molar-refractivity contribution in [2.45, 2.75) is 20.5 Å². The van der Waals surface area contributed by atoms with Gasteiger partial charge in [0.05, 0.1) is 18.0 Å². The SMILES string of the molecule is CCOc1ccccc1NC(=O)Nc1ccc(OCc2cc(=O)n3ccc(C)cc3n2)cc1. The van der Waals surface area contributed by atoms with E-state index in [1.54, 1.807) is 42.6 Å². The standard InChI is InChI=1S/C25H24N4O4/c1-3-32-22-7-5-4-6-21(22)28-25(31)27-18-8-10-20(11-9-18)33-16-19-15-24(30)29-13-12-17(2)14-23(29)26-19/h4-15H,3,16H2,1-2H3,(H2,27,28,31). The molecule has 2 N–H and O–H groups in total. The molecular formula is C25H24N4O4. The lowest BCUT2D eigenvalue weighted by atomic mass is 10.3. The number of aryl methyl sites for hydroxylation is 1. The van der Waals surface area contributed by atoms with E-state index in [-0.39, 0.29) is 18.2 Å². The van der Waals surface area contributed by atoms with E-state index < -0.39 is 0 Å². The Labute approximate surface area is 190 Å². The second kappa shape index (κ2) is 9.86. The molecule has 0 atom stereocenters. The van der Waals surface area contributed by atoms with Gasteiger partial charge >= 0.3 is 6.03 Å². The van der Waals surface area contributed by atoms with E-state index in [2.05, 4.69) is 15.6 Å². The van der Waals surface area contributed by atoms with E-state index >= 15 is 0 Å². The number of nitrogens with zero attached hydrogens (tertiary/aromatic N) is 2. The fraction of sp³-hybridized carbons (Fsp3) is 0.160. The number of carbonyl (C=O) groups excluding carboxylic acids is 1. The number of ether oxygens (including phenoxy) is 2. The van der Waals surface area contributed by atoms with Crippen LogP contribution in [-0.4, -0.2) is 22.0 Å². The van der Waals surface area contributed by atoms with Crippen molar-refractivity contribution in [1.29, 1.82) is 0 Å². The summed E-state index contributed by atoms with van der Waals surface area (Å²) in [5, 5.41) is 5.56. The van der Waals surface area contributed by atoms with E-state index in [0.717, 1.165) is 5.56 Å². The number of anilines is 2. The molecule has 33 heavy (non-hydrogen) atoms. The largest absolute Gasteiger partial charge is 0.492 e. The summed E-state index contributed by atoms with van der Waals surface area (Å²) in [5.41, 5.74) is 3.18. The molecule has 2 aromatic carbocycles. The molecule has 0 spiro atoms. The van der Waals surface area contributed by atoms with Gasteiger partial charge in [-0.05, 0) is 67.9 Å². The molecule has 168 valence electrons. The molecule has 8 nitrogen and oxygen atoms in total. The molecule has 0 saturated carbocycles. The predicted molar refractivity (Wildman–Crippen MR) is 127 cm³/mol. The summed E-state index contributed by atoms with van der Waals surface area (Å²) in [7, 11) is 0. The highest BCUT2D eigenvalue weighted by Crippen LogP contribution is 2.24. The molecule has 0 saturated heterocycles. The number of hydrogen-bond donors (Lipinski definition) is 2. The van der Waals surface area contributed by atoms with E-state index in [9.17, 15) is 9.59 Å². The number of amides is 2. The Morgan fingerprint density at radius 2 is 1.79 bits per heavy atom. The normalized spacial score (nSPS) is 10.6. The number of fused-ring (bicyclic) bond motifs is 1. The van der Waals surface area contributed by atoms with Gasteiger partial charge in [0.25, 0.3) is 5.56 Å². The van der Waals surface area contributed by atoms with Gasteiger partial charge in [0.1, 0.15) is 23.8 Å². The molecule has 4 rings (SSSR count). The van der Waals surface area contributed by atoms with Gasteiger partial charge in [0.15, 0.2) is 0 Å². The quantitative estimate of drug-likeness (QED) is 0.434. The summed E-state index contributed by atoms with van der Waals surface area (Å²) in [5.74, 6) is 1.20. The summed E-state index contributed by atoms with van der Waals surface area (Å²) >= 11 is 0. The van der Waals surface area contributed by atoms with Crippen molar-refractivity contribution in [1.82, 2.24) is 9.38 Å². The van der Waals surface area contributed by atoms with Crippen LogP contribution in [0.15, 0.2) is 77.7 Å². The molecule has 0 aliphatic heterocycles. The number of pyridine rings is 1.